The molecule has 50 heavy (non-hydrogen) atoms. The summed E-state index contributed by atoms with van der Waals surface area (Å²) in [6.07, 6.45) is 3.70. The van der Waals surface area contributed by atoms with Gasteiger partial charge in [0.05, 0.1) is 40.2 Å². The maximum Gasteiger partial charge on any atom is 0.156 e. The van der Waals surface area contributed by atoms with Gasteiger partial charge in [0.1, 0.15) is 0 Å². The molecule has 0 radical (unpaired) electrons. The highest BCUT2D eigenvalue weighted by molar-refractivity contribution is 6.12. The largest absolute Gasteiger partial charge is 0.309 e. The SMILES string of the molecule is c1ccc(-c2ccc(-c3cncc(-n4c5ccccc5c5cc(-c6ccc7c(c6)c6ccccc6n7-c6ccccc6)ccc54)n3)cc2)cc1. The third kappa shape index (κ3) is 4.54. The van der Waals surface area contributed by atoms with Crippen molar-refractivity contribution in [1.29, 1.82) is 0 Å². The average molecular weight is 639 g/mol. The van der Waals surface area contributed by atoms with Crippen LogP contribution in [-0.4, -0.2) is 19.1 Å². The quantitative estimate of drug-likeness (QED) is 0.188. The fourth-order valence-corrected chi connectivity index (χ4v) is 7.47. The summed E-state index contributed by atoms with van der Waals surface area (Å²) in [4.78, 5) is 9.83. The Morgan fingerprint density at radius 3 is 1.48 bits per heavy atom. The Morgan fingerprint density at radius 2 is 0.820 bits per heavy atom. The van der Waals surface area contributed by atoms with Gasteiger partial charge in [-0.05, 0) is 70.8 Å². The summed E-state index contributed by atoms with van der Waals surface area (Å²) >= 11 is 0. The molecule has 0 unspecified atom stereocenters. The molecule has 0 spiro atoms. The van der Waals surface area contributed by atoms with Crippen LogP contribution in [0.5, 0.6) is 0 Å². The van der Waals surface area contributed by atoms with Crippen LogP contribution in [0.3, 0.4) is 0 Å². The monoisotopic (exact) mass is 638 g/mol. The molecule has 0 saturated carbocycles. The minimum Gasteiger partial charge on any atom is -0.309 e. The summed E-state index contributed by atoms with van der Waals surface area (Å²) < 4.78 is 4.60. The lowest BCUT2D eigenvalue weighted by atomic mass is 10.0. The van der Waals surface area contributed by atoms with Crippen LogP contribution >= 0.6 is 0 Å². The molecule has 7 aromatic carbocycles. The van der Waals surface area contributed by atoms with E-state index in [1.807, 2.05) is 18.5 Å². The first-order valence-corrected chi connectivity index (χ1v) is 16.9. The summed E-state index contributed by atoms with van der Waals surface area (Å²) in [5, 5.41) is 4.86. The number of hydrogen-bond acceptors (Lipinski definition) is 2. The highest BCUT2D eigenvalue weighted by Gasteiger charge is 2.17. The van der Waals surface area contributed by atoms with Crippen LogP contribution in [0.15, 0.2) is 182 Å². The van der Waals surface area contributed by atoms with Gasteiger partial charge >= 0.3 is 0 Å². The van der Waals surface area contributed by atoms with E-state index in [0.717, 1.165) is 33.8 Å². The van der Waals surface area contributed by atoms with Crippen LogP contribution in [0.2, 0.25) is 0 Å². The number of nitrogens with zero attached hydrogens (tertiary/aromatic N) is 4. The smallest absolute Gasteiger partial charge is 0.156 e. The molecule has 0 fully saturated rings. The molecule has 0 bridgehead atoms. The van der Waals surface area contributed by atoms with Crippen molar-refractivity contribution < 1.29 is 0 Å². The van der Waals surface area contributed by atoms with Crippen LogP contribution in [-0.2, 0) is 0 Å². The molecule has 0 aliphatic rings. The van der Waals surface area contributed by atoms with Crippen molar-refractivity contribution in [3.63, 3.8) is 0 Å². The summed E-state index contributed by atoms with van der Waals surface area (Å²) in [6, 6.07) is 60.5. The van der Waals surface area contributed by atoms with Crippen LogP contribution in [0.25, 0.3) is 88.6 Å². The summed E-state index contributed by atoms with van der Waals surface area (Å²) in [6.45, 7) is 0. The number of fused-ring (bicyclic) bond motifs is 6. The molecule has 0 N–H and O–H groups in total. The van der Waals surface area contributed by atoms with E-state index in [-0.39, 0.29) is 0 Å². The third-order valence-electron chi connectivity index (χ3n) is 9.83. The molecule has 10 rings (SSSR count). The molecule has 0 aliphatic heterocycles. The zero-order valence-electron chi connectivity index (χ0n) is 27.1. The second-order valence-corrected chi connectivity index (χ2v) is 12.7. The van der Waals surface area contributed by atoms with E-state index < -0.39 is 0 Å². The first-order chi connectivity index (χ1) is 24.8. The lowest BCUT2D eigenvalue weighted by Gasteiger charge is -2.10. The lowest BCUT2D eigenvalue weighted by molar-refractivity contribution is 1.05. The summed E-state index contributed by atoms with van der Waals surface area (Å²) in [5.41, 5.74) is 12.4. The Hall–Kier alpha value is -6.78. The fourth-order valence-electron chi connectivity index (χ4n) is 7.47. The molecular formula is C46H30N4. The number of hydrogen-bond donors (Lipinski definition) is 0. The fraction of sp³-hybridized carbons (Fsp3) is 0. The molecule has 3 heterocycles. The van der Waals surface area contributed by atoms with Crippen LogP contribution in [0.1, 0.15) is 0 Å². The van der Waals surface area contributed by atoms with Gasteiger partial charge < -0.3 is 4.57 Å². The minimum atomic E-state index is 0.795. The van der Waals surface area contributed by atoms with Gasteiger partial charge in [-0.25, -0.2) is 4.98 Å². The molecule has 234 valence electrons. The van der Waals surface area contributed by atoms with Gasteiger partial charge in [-0.1, -0.05) is 121 Å². The number of aromatic nitrogens is 4. The Kier molecular flexibility index (Phi) is 6.46. The maximum atomic E-state index is 5.16. The van der Waals surface area contributed by atoms with Crippen molar-refractivity contribution in [2.45, 2.75) is 0 Å². The van der Waals surface area contributed by atoms with Crippen LogP contribution < -0.4 is 0 Å². The van der Waals surface area contributed by atoms with Gasteiger partial charge in [-0.15, -0.1) is 0 Å². The maximum absolute atomic E-state index is 5.16. The van der Waals surface area contributed by atoms with Crippen molar-refractivity contribution >= 4 is 43.6 Å². The van der Waals surface area contributed by atoms with E-state index >= 15 is 0 Å². The number of benzene rings is 7. The van der Waals surface area contributed by atoms with Gasteiger partial charge in [0.25, 0.3) is 0 Å². The molecule has 4 heteroatoms. The van der Waals surface area contributed by atoms with Gasteiger partial charge in [0.2, 0.25) is 0 Å². The number of rotatable bonds is 5. The Bertz CT molecular complexity index is 2850. The van der Waals surface area contributed by atoms with Crippen molar-refractivity contribution in [3.05, 3.63) is 182 Å². The first kappa shape index (κ1) is 28.3. The summed E-state index contributed by atoms with van der Waals surface area (Å²) in [5.74, 6) is 0.795. The highest BCUT2D eigenvalue weighted by Crippen LogP contribution is 2.38. The van der Waals surface area contributed by atoms with Crippen molar-refractivity contribution in [3.8, 4) is 45.0 Å². The standard InChI is InChI=1S/C46H30N4/c1-3-11-31(12-4-1)32-19-21-33(22-20-32)41-29-47-30-46(48-41)50-43-18-10-8-16-38(43)40-28-35(24-26-45(40)50)34-23-25-44-39(27-34)37-15-7-9-17-42(37)49(44)36-13-5-2-6-14-36/h1-30H. The number of para-hydroxylation sites is 3. The van der Waals surface area contributed by atoms with E-state index in [2.05, 4.69) is 178 Å². The second kappa shape index (κ2) is 11.4. The molecule has 0 amide bonds. The Morgan fingerprint density at radius 1 is 0.340 bits per heavy atom. The Labute approximate surface area is 289 Å². The highest BCUT2D eigenvalue weighted by atomic mass is 15.1. The van der Waals surface area contributed by atoms with Gasteiger partial charge in [-0.3, -0.25) is 9.55 Å². The van der Waals surface area contributed by atoms with E-state index in [0.29, 0.717) is 0 Å². The zero-order valence-corrected chi connectivity index (χ0v) is 27.1. The summed E-state index contributed by atoms with van der Waals surface area (Å²) in [7, 11) is 0. The van der Waals surface area contributed by atoms with E-state index in [9.17, 15) is 0 Å². The molecule has 0 saturated heterocycles. The third-order valence-corrected chi connectivity index (χ3v) is 9.83. The molecule has 0 aliphatic carbocycles. The molecular weight excluding hydrogens is 609 g/mol. The van der Waals surface area contributed by atoms with Crippen LogP contribution in [0.4, 0.5) is 0 Å². The van der Waals surface area contributed by atoms with Gasteiger partial charge in [0, 0.05) is 32.8 Å². The average Bonchev–Trinajstić information content (AvgIpc) is 3.71. The first-order valence-electron chi connectivity index (χ1n) is 16.9. The van der Waals surface area contributed by atoms with Gasteiger partial charge in [0.15, 0.2) is 5.82 Å². The molecule has 10 aromatic rings. The molecule has 0 atom stereocenters. The van der Waals surface area contributed by atoms with E-state index in [1.165, 1.54) is 54.8 Å². The van der Waals surface area contributed by atoms with Crippen molar-refractivity contribution in [1.82, 2.24) is 19.1 Å². The second-order valence-electron chi connectivity index (χ2n) is 12.7. The van der Waals surface area contributed by atoms with Crippen molar-refractivity contribution in [2.75, 3.05) is 0 Å². The molecule has 3 aromatic heterocycles. The van der Waals surface area contributed by atoms with E-state index in [4.69, 9.17) is 4.98 Å². The zero-order chi connectivity index (χ0) is 33.0. The Balaban J connectivity index is 1.08. The predicted octanol–water partition coefficient (Wildman–Crippen LogP) is 11.7. The normalized spacial score (nSPS) is 11.6. The minimum absolute atomic E-state index is 0.795. The topological polar surface area (TPSA) is 35.6 Å². The van der Waals surface area contributed by atoms with Gasteiger partial charge in [-0.2, -0.15) is 0 Å². The van der Waals surface area contributed by atoms with Crippen LogP contribution in [0, 0.1) is 0 Å². The predicted molar refractivity (Wildman–Crippen MR) is 207 cm³/mol. The van der Waals surface area contributed by atoms with Crippen molar-refractivity contribution in [2.24, 2.45) is 0 Å². The lowest BCUT2D eigenvalue weighted by Crippen LogP contribution is -1.99. The molecule has 4 nitrogen and oxygen atoms in total. The van der Waals surface area contributed by atoms with E-state index in [1.54, 1.807) is 0 Å².